The van der Waals surface area contributed by atoms with Gasteiger partial charge in [0.15, 0.2) is 0 Å². The Kier molecular flexibility index (Phi) is 2.90. The van der Waals surface area contributed by atoms with Gasteiger partial charge in [0.2, 0.25) is 0 Å². The van der Waals surface area contributed by atoms with Crippen LogP contribution in [0, 0.1) is 0 Å². The lowest BCUT2D eigenvalue weighted by Crippen LogP contribution is -2.30. The molecule has 7 heteroatoms. The van der Waals surface area contributed by atoms with Crippen molar-refractivity contribution in [2.24, 2.45) is 5.73 Å². The van der Waals surface area contributed by atoms with Crippen molar-refractivity contribution in [3.8, 4) is 0 Å². The standard InChI is InChI=1S/C11H18N4O2S/c12-9-2-1-3-10-13-14-11(15(9)10)8-4-6-18(16,17)7-5-8/h8-9H,1-7,12H2. The zero-order valence-corrected chi connectivity index (χ0v) is 11.1. The first-order valence-electron chi connectivity index (χ1n) is 6.46. The summed E-state index contributed by atoms with van der Waals surface area (Å²) in [6.45, 7) is 0. The molecule has 1 unspecified atom stereocenters. The number of nitrogens with zero attached hydrogens (tertiary/aromatic N) is 3. The lowest BCUT2D eigenvalue weighted by Gasteiger charge is -2.27. The van der Waals surface area contributed by atoms with Crippen LogP contribution in [0.2, 0.25) is 0 Å². The van der Waals surface area contributed by atoms with E-state index in [0.717, 1.165) is 30.9 Å². The molecule has 0 bridgehead atoms. The van der Waals surface area contributed by atoms with Crippen LogP contribution >= 0.6 is 0 Å². The Balaban J connectivity index is 1.88. The normalized spacial score (nSPS) is 27.9. The van der Waals surface area contributed by atoms with E-state index in [1.54, 1.807) is 0 Å². The molecular formula is C11H18N4O2S. The molecule has 1 atom stereocenters. The summed E-state index contributed by atoms with van der Waals surface area (Å²) in [5.41, 5.74) is 6.12. The zero-order valence-electron chi connectivity index (χ0n) is 10.2. The third kappa shape index (κ3) is 2.05. The van der Waals surface area contributed by atoms with E-state index < -0.39 is 9.84 Å². The lowest BCUT2D eigenvalue weighted by molar-refractivity contribution is 0.382. The SMILES string of the molecule is NC1CCCc2nnc(C3CCS(=O)(=O)CC3)n21. The molecule has 6 nitrogen and oxygen atoms in total. The number of fused-ring (bicyclic) bond motifs is 1. The minimum absolute atomic E-state index is 0.0442. The number of rotatable bonds is 1. The van der Waals surface area contributed by atoms with Gasteiger partial charge in [-0.15, -0.1) is 10.2 Å². The van der Waals surface area contributed by atoms with Gasteiger partial charge in [-0.05, 0) is 25.7 Å². The van der Waals surface area contributed by atoms with Crippen molar-refractivity contribution in [2.75, 3.05) is 11.5 Å². The average molecular weight is 270 g/mol. The van der Waals surface area contributed by atoms with E-state index in [-0.39, 0.29) is 23.6 Å². The highest BCUT2D eigenvalue weighted by atomic mass is 32.2. The third-order valence-electron chi connectivity index (χ3n) is 3.94. The quantitative estimate of drug-likeness (QED) is 0.796. The van der Waals surface area contributed by atoms with Gasteiger partial charge in [0.05, 0.1) is 17.7 Å². The minimum Gasteiger partial charge on any atom is -0.311 e. The van der Waals surface area contributed by atoms with Crippen LogP contribution in [-0.4, -0.2) is 34.7 Å². The molecule has 0 amide bonds. The Morgan fingerprint density at radius 1 is 1.17 bits per heavy atom. The molecule has 3 rings (SSSR count). The van der Waals surface area contributed by atoms with Gasteiger partial charge in [-0.3, -0.25) is 4.57 Å². The van der Waals surface area contributed by atoms with Crippen LogP contribution in [0.4, 0.5) is 0 Å². The number of aryl methyl sites for hydroxylation is 1. The summed E-state index contributed by atoms with van der Waals surface area (Å²) in [5, 5.41) is 8.46. The second-order valence-electron chi connectivity index (χ2n) is 5.23. The van der Waals surface area contributed by atoms with E-state index in [0.29, 0.717) is 12.8 Å². The van der Waals surface area contributed by atoms with Gasteiger partial charge in [-0.1, -0.05) is 0 Å². The third-order valence-corrected chi connectivity index (χ3v) is 5.66. The molecule has 3 heterocycles. The molecule has 0 aliphatic carbocycles. The average Bonchev–Trinajstić information content (AvgIpc) is 2.74. The van der Waals surface area contributed by atoms with Gasteiger partial charge in [-0.2, -0.15) is 0 Å². The van der Waals surface area contributed by atoms with Crippen molar-refractivity contribution in [1.29, 1.82) is 0 Å². The second-order valence-corrected chi connectivity index (χ2v) is 7.53. The Hall–Kier alpha value is -0.950. The van der Waals surface area contributed by atoms with Crippen molar-refractivity contribution in [3.05, 3.63) is 11.6 Å². The van der Waals surface area contributed by atoms with Crippen molar-refractivity contribution in [1.82, 2.24) is 14.8 Å². The highest BCUT2D eigenvalue weighted by molar-refractivity contribution is 7.91. The Bertz CT molecular complexity index is 537. The highest BCUT2D eigenvalue weighted by Gasteiger charge is 2.31. The predicted molar refractivity (Wildman–Crippen MR) is 66.8 cm³/mol. The molecule has 1 saturated heterocycles. The molecule has 2 aliphatic heterocycles. The molecule has 2 N–H and O–H groups in total. The van der Waals surface area contributed by atoms with Crippen molar-refractivity contribution in [3.63, 3.8) is 0 Å². The summed E-state index contributed by atoms with van der Waals surface area (Å²) in [5.74, 6) is 2.56. The first kappa shape index (κ1) is 12.1. The number of sulfone groups is 1. The molecule has 0 spiro atoms. The van der Waals surface area contributed by atoms with Crippen LogP contribution in [0.1, 0.15) is 49.4 Å². The maximum absolute atomic E-state index is 11.5. The van der Waals surface area contributed by atoms with E-state index in [4.69, 9.17) is 5.73 Å². The van der Waals surface area contributed by atoms with E-state index >= 15 is 0 Å². The van der Waals surface area contributed by atoms with E-state index in [1.807, 2.05) is 4.57 Å². The van der Waals surface area contributed by atoms with Crippen LogP contribution < -0.4 is 5.73 Å². The highest BCUT2D eigenvalue weighted by Crippen LogP contribution is 2.31. The molecule has 0 aromatic carbocycles. The predicted octanol–water partition coefficient (Wildman–Crippen LogP) is 0.364. The van der Waals surface area contributed by atoms with Gasteiger partial charge < -0.3 is 5.73 Å². The lowest BCUT2D eigenvalue weighted by atomic mass is 10.0. The number of hydrogen-bond donors (Lipinski definition) is 1. The van der Waals surface area contributed by atoms with Crippen LogP contribution in [0.15, 0.2) is 0 Å². The summed E-state index contributed by atoms with van der Waals surface area (Å²) in [7, 11) is -2.83. The number of aromatic nitrogens is 3. The number of nitrogens with two attached hydrogens (primary N) is 1. The van der Waals surface area contributed by atoms with Gasteiger partial charge in [-0.25, -0.2) is 8.42 Å². The van der Waals surface area contributed by atoms with Crippen LogP contribution in [-0.2, 0) is 16.3 Å². The van der Waals surface area contributed by atoms with Gasteiger partial charge in [0.25, 0.3) is 0 Å². The molecule has 1 fully saturated rings. The van der Waals surface area contributed by atoms with Crippen molar-refractivity contribution < 1.29 is 8.42 Å². The first-order valence-corrected chi connectivity index (χ1v) is 8.28. The van der Waals surface area contributed by atoms with Crippen LogP contribution in [0.5, 0.6) is 0 Å². The summed E-state index contributed by atoms with van der Waals surface area (Å²) < 4.78 is 24.9. The summed E-state index contributed by atoms with van der Waals surface area (Å²) in [4.78, 5) is 0. The van der Waals surface area contributed by atoms with Crippen molar-refractivity contribution >= 4 is 9.84 Å². The molecule has 18 heavy (non-hydrogen) atoms. The van der Waals surface area contributed by atoms with E-state index in [9.17, 15) is 8.42 Å². The number of hydrogen-bond acceptors (Lipinski definition) is 5. The molecule has 2 aliphatic rings. The molecule has 0 radical (unpaired) electrons. The Labute approximate surface area is 106 Å². The molecule has 0 saturated carbocycles. The van der Waals surface area contributed by atoms with E-state index in [1.165, 1.54) is 0 Å². The fourth-order valence-corrected chi connectivity index (χ4v) is 4.39. The van der Waals surface area contributed by atoms with E-state index in [2.05, 4.69) is 10.2 Å². The largest absolute Gasteiger partial charge is 0.311 e. The topological polar surface area (TPSA) is 90.9 Å². The summed E-state index contributed by atoms with van der Waals surface area (Å²) in [6, 6.07) is 0. The molecule has 1 aromatic heterocycles. The monoisotopic (exact) mass is 270 g/mol. The summed E-state index contributed by atoms with van der Waals surface area (Å²) in [6.07, 6.45) is 4.17. The summed E-state index contributed by atoms with van der Waals surface area (Å²) >= 11 is 0. The smallest absolute Gasteiger partial charge is 0.150 e. The fourth-order valence-electron chi connectivity index (χ4n) is 2.89. The second kappa shape index (κ2) is 4.31. The van der Waals surface area contributed by atoms with Crippen LogP contribution in [0.25, 0.3) is 0 Å². The molecule has 1 aromatic rings. The zero-order chi connectivity index (χ0) is 12.8. The first-order chi connectivity index (χ1) is 8.57. The van der Waals surface area contributed by atoms with Crippen molar-refractivity contribution in [2.45, 2.75) is 44.2 Å². The fraction of sp³-hybridized carbons (Fsp3) is 0.818. The van der Waals surface area contributed by atoms with Crippen LogP contribution in [0.3, 0.4) is 0 Å². The molecule has 100 valence electrons. The maximum atomic E-state index is 11.5. The van der Waals surface area contributed by atoms with Gasteiger partial charge in [0, 0.05) is 12.3 Å². The Morgan fingerprint density at radius 2 is 1.89 bits per heavy atom. The van der Waals surface area contributed by atoms with Gasteiger partial charge >= 0.3 is 0 Å². The Morgan fingerprint density at radius 3 is 2.61 bits per heavy atom. The maximum Gasteiger partial charge on any atom is 0.150 e. The molecular weight excluding hydrogens is 252 g/mol. The van der Waals surface area contributed by atoms with Gasteiger partial charge in [0.1, 0.15) is 21.5 Å². The minimum atomic E-state index is -2.83.